The monoisotopic (exact) mass is 467 g/mol. The molecule has 1 nitrogen and oxygen atoms in total. The second-order valence-electron chi connectivity index (χ2n) is 9.10. The minimum Gasteiger partial charge on any atom is -0.192 e. The van der Waals surface area contributed by atoms with Crippen LogP contribution in [-0.4, -0.2) is 0 Å². The first kappa shape index (κ1) is 25.0. The Morgan fingerprint density at radius 2 is 1.69 bits per heavy atom. The predicted octanol–water partition coefficient (Wildman–Crippen LogP) is 9.50. The number of nitriles is 1. The first-order valence-electron chi connectivity index (χ1n) is 12.8. The molecule has 1 aliphatic carbocycles. The van der Waals surface area contributed by atoms with Crippen LogP contribution in [0, 0.1) is 11.3 Å². The molecule has 0 saturated heterocycles. The second-order valence-corrected chi connectivity index (χ2v) is 9.10. The predicted molar refractivity (Wildman–Crippen MR) is 154 cm³/mol. The van der Waals surface area contributed by atoms with Crippen molar-refractivity contribution in [2.24, 2.45) is 0 Å². The Balaban J connectivity index is 1.81. The van der Waals surface area contributed by atoms with Crippen molar-refractivity contribution >= 4 is 11.1 Å². The molecule has 0 heterocycles. The lowest BCUT2D eigenvalue weighted by Crippen LogP contribution is -1.94. The maximum Gasteiger partial charge on any atom is 0.0998 e. The normalized spacial score (nSPS) is 14.4. The van der Waals surface area contributed by atoms with Crippen molar-refractivity contribution in [2.45, 2.75) is 40.0 Å². The number of rotatable bonds is 7. The molecular weight excluding hydrogens is 434 g/mol. The van der Waals surface area contributed by atoms with E-state index in [1.807, 2.05) is 12.1 Å². The minimum absolute atomic E-state index is 0.695. The quantitative estimate of drug-likeness (QED) is 0.317. The second kappa shape index (κ2) is 12.0. The van der Waals surface area contributed by atoms with Gasteiger partial charge in [0.25, 0.3) is 0 Å². The third-order valence-corrected chi connectivity index (χ3v) is 6.66. The van der Waals surface area contributed by atoms with E-state index in [1.54, 1.807) is 0 Å². The summed E-state index contributed by atoms with van der Waals surface area (Å²) in [6.07, 6.45) is 16.5. The zero-order valence-electron chi connectivity index (χ0n) is 21.5. The molecule has 0 N–H and O–H groups in total. The highest BCUT2D eigenvalue weighted by atomic mass is 14.3. The van der Waals surface area contributed by atoms with E-state index >= 15 is 0 Å². The van der Waals surface area contributed by atoms with Crippen molar-refractivity contribution in [1.82, 2.24) is 0 Å². The fourth-order valence-corrected chi connectivity index (χ4v) is 4.60. The molecule has 0 atom stereocenters. The van der Waals surface area contributed by atoms with Crippen LogP contribution in [0.2, 0.25) is 0 Å². The van der Waals surface area contributed by atoms with Crippen LogP contribution in [0.1, 0.15) is 55.9 Å². The third-order valence-electron chi connectivity index (χ3n) is 6.66. The Morgan fingerprint density at radius 1 is 0.889 bits per heavy atom. The lowest BCUT2D eigenvalue weighted by Gasteiger charge is -2.14. The zero-order chi connectivity index (χ0) is 25.3. The summed E-state index contributed by atoms with van der Waals surface area (Å²) in [4.78, 5) is 0. The van der Waals surface area contributed by atoms with Gasteiger partial charge in [-0.1, -0.05) is 98.0 Å². The lowest BCUT2D eigenvalue weighted by atomic mass is 9.90. The van der Waals surface area contributed by atoms with Crippen LogP contribution in [-0.2, 0) is 6.42 Å². The molecule has 0 unspecified atom stereocenters. The van der Waals surface area contributed by atoms with E-state index in [2.05, 4.69) is 124 Å². The topological polar surface area (TPSA) is 23.8 Å². The standard InChI is InChI=1S/C35H33N/c1-4-27-13-12-18-31(22-27)32-19-20-33(25-36)35(24-32)26(3)21-34(30-16-10-7-11-17-30)23-28(5-2)29-14-8-6-9-15-29/h5-6,8-10,12-24H,4,7,11H2,1-3H3/b26-21+,28-5+,34-23+. The third kappa shape index (κ3) is 5.91. The smallest absolute Gasteiger partial charge is 0.0998 e. The Morgan fingerprint density at radius 3 is 2.39 bits per heavy atom. The fourth-order valence-electron chi connectivity index (χ4n) is 4.60. The van der Waals surface area contributed by atoms with Crippen molar-refractivity contribution in [1.29, 1.82) is 5.26 Å². The molecule has 36 heavy (non-hydrogen) atoms. The summed E-state index contributed by atoms with van der Waals surface area (Å²) < 4.78 is 0. The summed E-state index contributed by atoms with van der Waals surface area (Å²) in [6.45, 7) is 6.37. The van der Waals surface area contributed by atoms with E-state index in [4.69, 9.17) is 0 Å². The van der Waals surface area contributed by atoms with E-state index in [-0.39, 0.29) is 0 Å². The van der Waals surface area contributed by atoms with Crippen molar-refractivity contribution in [3.05, 3.63) is 143 Å². The summed E-state index contributed by atoms with van der Waals surface area (Å²) in [5.41, 5.74) is 11.1. The summed E-state index contributed by atoms with van der Waals surface area (Å²) >= 11 is 0. The van der Waals surface area contributed by atoms with Gasteiger partial charge in [0.15, 0.2) is 0 Å². The van der Waals surface area contributed by atoms with Gasteiger partial charge in [-0.3, -0.25) is 0 Å². The largest absolute Gasteiger partial charge is 0.192 e. The Bertz CT molecular complexity index is 1420. The van der Waals surface area contributed by atoms with Crippen LogP contribution < -0.4 is 0 Å². The first-order chi connectivity index (χ1) is 17.6. The van der Waals surface area contributed by atoms with Gasteiger partial charge >= 0.3 is 0 Å². The van der Waals surface area contributed by atoms with E-state index in [0.717, 1.165) is 41.5 Å². The van der Waals surface area contributed by atoms with Crippen molar-refractivity contribution in [3.8, 4) is 17.2 Å². The molecule has 1 heteroatoms. The van der Waals surface area contributed by atoms with Gasteiger partial charge in [0.05, 0.1) is 11.6 Å². The molecule has 0 saturated carbocycles. The van der Waals surface area contributed by atoms with Crippen LogP contribution in [0.15, 0.2) is 120 Å². The highest BCUT2D eigenvalue weighted by Gasteiger charge is 2.11. The molecule has 0 radical (unpaired) electrons. The van der Waals surface area contributed by atoms with Gasteiger partial charge < -0.3 is 0 Å². The SMILES string of the molecule is C\C=C(/C=C(\C=C(/C)c1cc(-c2cccc(CC)c2)ccc1C#N)C1=CCCC=C1)c1ccccc1. The van der Waals surface area contributed by atoms with Crippen LogP contribution in [0.25, 0.3) is 22.3 Å². The molecule has 0 amide bonds. The van der Waals surface area contributed by atoms with Crippen LogP contribution in [0.4, 0.5) is 0 Å². The Labute approximate surface area is 216 Å². The molecule has 0 spiro atoms. The molecule has 3 aromatic carbocycles. The van der Waals surface area contributed by atoms with Gasteiger partial charge in [-0.2, -0.15) is 5.26 Å². The molecule has 0 aromatic heterocycles. The van der Waals surface area contributed by atoms with Gasteiger partial charge in [0.1, 0.15) is 0 Å². The average Bonchev–Trinajstić information content (AvgIpc) is 2.95. The van der Waals surface area contributed by atoms with Gasteiger partial charge in [0.2, 0.25) is 0 Å². The maximum atomic E-state index is 9.90. The summed E-state index contributed by atoms with van der Waals surface area (Å²) in [5, 5.41) is 9.90. The van der Waals surface area contributed by atoms with Gasteiger partial charge in [0, 0.05) is 0 Å². The summed E-state index contributed by atoms with van der Waals surface area (Å²) in [5.74, 6) is 0. The van der Waals surface area contributed by atoms with Gasteiger partial charge in [-0.05, 0) is 101 Å². The van der Waals surface area contributed by atoms with E-state index in [1.165, 1.54) is 27.8 Å². The molecular formula is C35H33N. The minimum atomic E-state index is 0.695. The summed E-state index contributed by atoms with van der Waals surface area (Å²) in [7, 11) is 0. The fraction of sp³-hybridized carbons (Fsp3) is 0.171. The van der Waals surface area contributed by atoms with Gasteiger partial charge in [-0.15, -0.1) is 0 Å². The number of nitrogens with zero attached hydrogens (tertiary/aromatic N) is 1. The van der Waals surface area contributed by atoms with Crippen LogP contribution in [0.5, 0.6) is 0 Å². The average molecular weight is 468 g/mol. The summed E-state index contributed by atoms with van der Waals surface area (Å²) in [6, 6.07) is 27.7. The molecule has 1 aliphatic rings. The van der Waals surface area contributed by atoms with E-state index in [9.17, 15) is 5.26 Å². The number of hydrogen-bond acceptors (Lipinski definition) is 1. The molecule has 0 aliphatic heterocycles. The van der Waals surface area contributed by atoms with Crippen molar-refractivity contribution in [2.75, 3.05) is 0 Å². The zero-order valence-corrected chi connectivity index (χ0v) is 21.5. The maximum absolute atomic E-state index is 9.90. The first-order valence-corrected chi connectivity index (χ1v) is 12.8. The van der Waals surface area contributed by atoms with Gasteiger partial charge in [-0.25, -0.2) is 0 Å². The highest BCUT2D eigenvalue weighted by molar-refractivity contribution is 5.81. The van der Waals surface area contributed by atoms with Crippen LogP contribution in [0.3, 0.4) is 0 Å². The molecule has 0 fully saturated rings. The molecule has 3 aromatic rings. The number of allylic oxidation sites excluding steroid dienone is 10. The molecule has 178 valence electrons. The molecule has 4 rings (SSSR count). The number of hydrogen-bond donors (Lipinski definition) is 0. The van der Waals surface area contributed by atoms with Crippen LogP contribution >= 0.6 is 0 Å². The molecule has 0 bridgehead atoms. The Hall–Kier alpha value is -4.15. The number of aryl methyl sites for hydroxylation is 1. The van der Waals surface area contributed by atoms with Crippen molar-refractivity contribution < 1.29 is 0 Å². The number of benzene rings is 3. The van der Waals surface area contributed by atoms with Crippen molar-refractivity contribution in [3.63, 3.8) is 0 Å². The van der Waals surface area contributed by atoms with E-state index < -0.39 is 0 Å². The Kier molecular flexibility index (Phi) is 8.32. The van der Waals surface area contributed by atoms with E-state index in [0.29, 0.717) is 5.56 Å². The highest BCUT2D eigenvalue weighted by Crippen LogP contribution is 2.31. The lowest BCUT2D eigenvalue weighted by molar-refractivity contribution is 1.02.